The summed E-state index contributed by atoms with van der Waals surface area (Å²) in [4.78, 5) is 11.7. The molecule has 2 rings (SSSR count). The van der Waals surface area contributed by atoms with E-state index < -0.39 is 0 Å². The predicted molar refractivity (Wildman–Crippen MR) is 74.9 cm³/mol. The first kappa shape index (κ1) is 12.7. The highest BCUT2D eigenvalue weighted by molar-refractivity contribution is 9.10. The molecule has 0 fully saturated rings. The highest BCUT2D eigenvalue weighted by atomic mass is 79.9. The first-order valence-electron chi connectivity index (χ1n) is 5.38. The summed E-state index contributed by atoms with van der Waals surface area (Å²) in [6.07, 6.45) is 1.75. The summed E-state index contributed by atoms with van der Waals surface area (Å²) in [6, 6.07) is 8.68. The van der Waals surface area contributed by atoms with Gasteiger partial charge in [-0.2, -0.15) is 0 Å². The Labute approximate surface area is 113 Å². The Balaban J connectivity index is 2.36. The smallest absolute Gasteiger partial charge is 0.250 e. The van der Waals surface area contributed by atoms with Gasteiger partial charge in [0.05, 0.1) is 13.7 Å². The molecular formula is C13H13BrN2O2. The van der Waals surface area contributed by atoms with E-state index in [1.807, 2.05) is 12.1 Å². The number of anilines is 1. The number of nitrogen functional groups attached to an aromatic ring is 1. The molecule has 2 N–H and O–H groups in total. The molecule has 4 nitrogen and oxygen atoms in total. The maximum Gasteiger partial charge on any atom is 0.250 e. The summed E-state index contributed by atoms with van der Waals surface area (Å²) in [5.74, 6) is 0.688. The Hall–Kier alpha value is -1.75. The largest absolute Gasteiger partial charge is 0.497 e. The van der Waals surface area contributed by atoms with Crippen LogP contribution in [0.2, 0.25) is 0 Å². The molecule has 1 heterocycles. The van der Waals surface area contributed by atoms with Crippen molar-refractivity contribution in [2.24, 2.45) is 0 Å². The number of halogens is 1. The number of nitrogens with two attached hydrogens (primary N) is 1. The minimum atomic E-state index is -0.0559. The van der Waals surface area contributed by atoms with Crippen molar-refractivity contribution in [3.63, 3.8) is 0 Å². The monoisotopic (exact) mass is 308 g/mol. The number of hydrogen-bond donors (Lipinski definition) is 1. The van der Waals surface area contributed by atoms with Gasteiger partial charge < -0.3 is 15.0 Å². The Morgan fingerprint density at radius 2 is 2.11 bits per heavy atom. The number of aromatic nitrogens is 1. The molecule has 0 atom stereocenters. The van der Waals surface area contributed by atoms with E-state index in [1.54, 1.807) is 30.0 Å². The molecule has 0 amide bonds. The average molecular weight is 309 g/mol. The van der Waals surface area contributed by atoms with Gasteiger partial charge in [0.25, 0.3) is 5.56 Å². The fourth-order valence-corrected chi connectivity index (χ4v) is 2.10. The Kier molecular flexibility index (Phi) is 3.72. The van der Waals surface area contributed by atoms with Crippen LogP contribution in [-0.4, -0.2) is 11.7 Å². The van der Waals surface area contributed by atoms with Crippen molar-refractivity contribution >= 4 is 21.6 Å². The maximum absolute atomic E-state index is 11.7. The number of pyridine rings is 1. The number of methoxy groups -OCH3 is 1. The molecule has 0 unspecified atom stereocenters. The van der Waals surface area contributed by atoms with Gasteiger partial charge in [0.2, 0.25) is 0 Å². The molecule has 0 aliphatic heterocycles. The molecule has 1 aromatic heterocycles. The van der Waals surface area contributed by atoms with Crippen LogP contribution in [0.3, 0.4) is 0 Å². The van der Waals surface area contributed by atoms with Gasteiger partial charge in [0.15, 0.2) is 0 Å². The molecule has 18 heavy (non-hydrogen) atoms. The Morgan fingerprint density at radius 3 is 2.83 bits per heavy atom. The molecule has 0 aliphatic rings. The second kappa shape index (κ2) is 5.27. The van der Waals surface area contributed by atoms with Gasteiger partial charge in [-0.3, -0.25) is 4.79 Å². The summed E-state index contributed by atoms with van der Waals surface area (Å²) in [7, 11) is 1.59. The molecule has 2 aromatic rings. The van der Waals surface area contributed by atoms with Gasteiger partial charge in [0.1, 0.15) is 5.75 Å². The van der Waals surface area contributed by atoms with Gasteiger partial charge in [-0.25, -0.2) is 0 Å². The SMILES string of the molecule is COc1cc(N)cc(Cn2cc(Br)ccc2=O)c1. The third-order valence-electron chi connectivity index (χ3n) is 2.52. The average Bonchev–Trinajstić information content (AvgIpc) is 2.33. The van der Waals surface area contributed by atoms with Gasteiger partial charge in [-0.15, -0.1) is 0 Å². The summed E-state index contributed by atoms with van der Waals surface area (Å²) >= 11 is 3.34. The number of ether oxygens (including phenoxy) is 1. The highest BCUT2D eigenvalue weighted by Crippen LogP contribution is 2.19. The fraction of sp³-hybridized carbons (Fsp3) is 0.154. The van der Waals surface area contributed by atoms with Crippen molar-refractivity contribution in [3.8, 4) is 5.75 Å². The minimum absolute atomic E-state index is 0.0559. The number of nitrogens with zero attached hydrogens (tertiary/aromatic N) is 1. The molecule has 0 aliphatic carbocycles. The van der Waals surface area contributed by atoms with Gasteiger partial charge in [-0.05, 0) is 39.7 Å². The van der Waals surface area contributed by atoms with Crippen molar-refractivity contribution in [1.82, 2.24) is 4.57 Å². The molecule has 94 valence electrons. The van der Waals surface area contributed by atoms with E-state index >= 15 is 0 Å². The second-order valence-electron chi connectivity index (χ2n) is 3.93. The Morgan fingerprint density at radius 1 is 1.33 bits per heavy atom. The zero-order chi connectivity index (χ0) is 13.1. The third kappa shape index (κ3) is 2.92. The first-order valence-corrected chi connectivity index (χ1v) is 6.17. The lowest BCUT2D eigenvalue weighted by atomic mass is 10.2. The number of benzene rings is 1. The molecular weight excluding hydrogens is 296 g/mol. The van der Waals surface area contributed by atoms with Crippen molar-refractivity contribution in [1.29, 1.82) is 0 Å². The fourth-order valence-electron chi connectivity index (χ4n) is 1.72. The first-order chi connectivity index (χ1) is 8.58. The van der Waals surface area contributed by atoms with E-state index in [1.165, 1.54) is 6.07 Å². The minimum Gasteiger partial charge on any atom is -0.497 e. The molecule has 0 saturated heterocycles. The number of rotatable bonds is 3. The van der Waals surface area contributed by atoms with Crippen LogP contribution in [0.25, 0.3) is 0 Å². The van der Waals surface area contributed by atoms with Gasteiger partial charge >= 0.3 is 0 Å². The molecule has 5 heteroatoms. The Bertz CT molecular complexity index is 623. The lowest BCUT2D eigenvalue weighted by Gasteiger charge is -2.09. The standard InChI is InChI=1S/C13H13BrN2O2/c1-18-12-5-9(4-11(15)6-12)7-16-8-10(14)2-3-13(16)17/h2-6,8H,7,15H2,1H3. The van der Waals surface area contributed by atoms with E-state index in [9.17, 15) is 4.79 Å². The van der Waals surface area contributed by atoms with Crippen LogP contribution >= 0.6 is 15.9 Å². The van der Waals surface area contributed by atoms with Crippen molar-refractivity contribution in [2.45, 2.75) is 6.54 Å². The summed E-state index contributed by atoms with van der Waals surface area (Å²) in [5, 5.41) is 0. The summed E-state index contributed by atoms with van der Waals surface area (Å²) in [6.45, 7) is 0.458. The van der Waals surface area contributed by atoms with Crippen LogP contribution in [0, 0.1) is 0 Å². The van der Waals surface area contributed by atoms with Crippen LogP contribution in [0.5, 0.6) is 5.75 Å². The third-order valence-corrected chi connectivity index (χ3v) is 2.99. The van der Waals surface area contributed by atoms with E-state index in [0.717, 1.165) is 10.0 Å². The second-order valence-corrected chi connectivity index (χ2v) is 4.84. The molecule has 0 bridgehead atoms. The highest BCUT2D eigenvalue weighted by Gasteiger charge is 2.02. The van der Waals surface area contributed by atoms with E-state index in [4.69, 9.17) is 10.5 Å². The summed E-state index contributed by atoms with van der Waals surface area (Å²) in [5.41, 5.74) is 7.27. The van der Waals surface area contributed by atoms with E-state index in [2.05, 4.69) is 15.9 Å². The topological polar surface area (TPSA) is 57.2 Å². The van der Waals surface area contributed by atoms with E-state index in [0.29, 0.717) is 18.0 Å². The lowest BCUT2D eigenvalue weighted by Crippen LogP contribution is -2.18. The normalized spacial score (nSPS) is 10.3. The zero-order valence-electron chi connectivity index (χ0n) is 9.89. The summed E-state index contributed by atoms with van der Waals surface area (Å²) < 4.78 is 7.62. The lowest BCUT2D eigenvalue weighted by molar-refractivity contribution is 0.414. The van der Waals surface area contributed by atoms with Crippen LogP contribution in [0.15, 0.2) is 45.8 Å². The van der Waals surface area contributed by atoms with Gasteiger partial charge in [0, 0.05) is 28.5 Å². The van der Waals surface area contributed by atoms with Crippen LogP contribution < -0.4 is 16.0 Å². The van der Waals surface area contributed by atoms with Crippen molar-refractivity contribution in [3.05, 3.63) is 56.9 Å². The number of hydrogen-bond acceptors (Lipinski definition) is 3. The van der Waals surface area contributed by atoms with Crippen LogP contribution in [0.4, 0.5) is 5.69 Å². The molecule has 0 radical (unpaired) electrons. The van der Waals surface area contributed by atoms with Gasteiger partial charge in [-0.1, -0.05) is 0 Å². The molecule has 0 spiro atoms. The molecule has 1 aromatic carbocycles. The van der Waals surface area contributed by atoms with Crippen molar-refractivity contribution < 1.29 is 4.74 Å². The maximum atomic E-state index is 11.7. The van der Waals surface area contributed by atoms with Crippen molar-refractivity contribution in [2.75, 3.05) is 12.8 Å². The predicted octanol–water partition coefficient (Wildman–Crippen LogP) is 2.25. The van der Waals surface area contributed by atoms with E-state index in [-0.39, 0.29) is 5.56 Å². The molecule has 0 saturated carbocycles. The van der Waals surface area contributed by atoms with Crippen LogP contribution in [0.1, 0.15) is 5.56 Å². The zero-order valence-corrected chi connectivity index (χ0v) is 11.5. The van der Waals surface area contributed by atoms with Crippen LogP contribution in [-0.2, 0) is 6.54 Å². The quantitative estimate of drug-likeness (QED) is 0.885.